The molecule has 0 radical (unpaired) electrons. The van der Waals surface area contributed by atoms with Crippen molar-refractivity contribution in [1.29, 1.82) is 0 Å². The highest BCUT2D eigenvalue weighted by molar-refractivity contribution is 6.13. The van der Waals surface area contributed by atoms with Gasteiger partial charge in [0.05, 0.1) is 22.1 Å². The predicted octanol–water partition coefficient (Wildman–Crippen LogP) is 13.5. The summed E-state index contributed by atoms with van der Waals surface area (Å²) >= 11 is 0. The van der Waals surface area contributed by atoms with Crippen LogP contribution in [0.5, 0.6) is 0 Å². The summed E-state index contributed by atoms with van der Waals surface area (Å²) in [5.74, 6) is 0. The van der Waals surface area contributed by atoms with E-state index in [4.69, 9.17) is 0 Å². The van der Waals surface area contributed by atoms with Crippen molar-refractivity contribution in [2.75, 3.05) is 0 Å². The first-order valence-corrected chi connectivity index (χ1v) is 18.5. The topological polar surface area (TPSA) is 9.86 Å². The minimum Gasteiger partial charge on any atom is -0.309 e. The first-order chi connectivity index (χ1) is 26.0. The van der Waals surface area contributed by atoms with Crippen molar-refractivity contribution < 1.29 is 0 Å². The summed E-state index contributed by atoms with van der Waals surface area (Å²) in [4.78, 5) is 0. The number of aromatic nitrogens is 2. The van der Waals surface area contributed by atoms with E-state index in [1.165, 1.54) is 99.5 Å². The lowest BCUT2D eigenvalue weighted by molar-refractivity contribution is 0.660. The van der Waals surface area contributed by atoms with Crippen molar-refractivity contribution >= 4 is 43.6 Å². The largest absolute Gasteiger partial charge is 0.309 e. The van der Waals surface area contributed by atoms with Gasteiger partial charge in [-0.1, -0.05) is 135 Å². The van der Waals surface area contributed by atoms with Crippen molar-refractivity contribution in [3.63, 3.8) is 0 Å². The molecular weight excluding hydrogens is 641 g/mol. The number of fused-ring (bicyclic) bond motifs is 9. The molecule has 2 nitrogen and oxygen atoms in total. The van der Waals surface area contributed by atoms with Gasteiger partial charge in [0.25, 0.3) is 0 Å². The van der Waals surface area contributed by atoms with Crippen molar-refractivity contribution in [3.8, 4) is 44.8 Å². The van der Waals surface area contributed by atoms with E-state index < -0.39 is 0 Å². The maximum atomic E-state index is 2.48. The Labute approximate surface area is 308 Å². The molecule has 1 aliphatic carbocycles. The minimum absolute atomic E-state index is 0.0780. The molecule has 1 aliphatic rings. The van der Waals surface area contributed by atoms with Crippen LogP contribution < -0.4 is 0 Å². The second-order valence-electron chi connectivity index (χ2n) is 15.0. The molecule has 0 atom stereocenters. The van der Waals surface area contributed by atoms with Crippen LogP contribution in [0.3, 0.4) is 0 Å². The summed E-state index contributed by atoms with van der Waals surface area (Å²) in [5, 5.41) is 5.04. The van der Waals surface area contributed by atoms with E-state index in [1.54, 1.807) is 0 Å². The molecule has 0 aliphatic heterocycles. The van der Waals surface area contributed by atoms with E-state index >= 15 is 0 Å². The molecule has 0 saturated heterocycles. The number of para-hydroxylation sites is 2. The standard InChI is InChI=1S/C51H36N2/c1-51(2)45-19-11-9-17-39(45)40-26-24-38(32-46(40)51)53-49-28-23-35(30-44(49)42-25-21-36(31-50(42)53)33-13-5-3-6-14-33)34-22-27-48-43(29-34)41-18-10-12-20-47(41)52(48)37-15-7-4-8-16-37/h3-32H,1-2H3. The molecule has 2 heteroatoms. The van der Waals surface area contributed by atoms with Gasteiger partial charge >= 0.3 is 0 Å². The van der Waals surface area contributed by atoms with E-state index in [0.717, 1.165) is 0 Å². The fourth-order valence-corrected chi connectivity index (χ4v) is 9.13. The van der Waals surface area contributed by atoms with Crippen LogP contribution in [0.4, 0.5) is 0 Å². The number of hydrogen-bond acceptors (Lipinski definition) is 0. The average Bonchev–Trinajstić information content (AvgIpc) is 3.80. The van der Waals surface area contributed by atoms with Crippen molar-refractivity contribution in [2.45, 2.75) is 19.3 Å². The first kappa shape index (κ1) is 30.0. The lowest BCUT2D eigenvalue weighted by Gasteiger charge is -2.22. The Morgan fingerprint density at radius 2 is 0.868 bits per heavy atom. The SMILES string of the molecule is CC1(C)c2ccccc2-c2ccc(-n3c4ccc(-c5ccc6c(c5)c5ccccc5n6-c5ccccc5)cc4c4ccc(-c5ccccc5)cc43)cc21. The zero-order valence-electron chi connectivity index (χ0n) is 29.7. The highest BCUT2D eigenvalue weighted by atomic mass is 15.0. The van der Waals surface area contributed by atoms with Crippen molar-refractivity contribution in [3.05, 3.63) is 193 Å². The maximum Gasteiger partial charge on any atom is 0.0547 e. The van der Waals surface area contributed by atoms with Crippen LogP contribution in [0.25, 0.3) is 88.4 Å². The Morgan fingerprint density at radius 1 is 0.321 bits per heavy atom. The third-order valence-corrected chi connectivity index (χ3v) is 11.7. The second-order valence-corrected chi connectivity index (χ2v) is 15.0. The highest BCUT2D eigenvalue weighted by Crippen LogP contribution is 2.49. The lowest BCUT2D eigenvalue weighted by Crippen LogP contribution is -2.15. The molecule has 250 valence electrons. The van der Waals surface area contributed by atoms with E-state index in [2.05, 4.69) is 205 Å². The van der Waals surface area contributed by atoms with E-state index in [9.17, 15) is 0 Å². The van der Waals surface area contributed by atoms with Crippen LogP contribution in [0.2, 0.25) is 0 Å². The molecule has 2 heterocycles. The summed E-state index contributed by atoms with van der Waals surface area (Å²) in [7, 11) is 0. The number of hydrogen-bond donors (Lipinski definition) is 0. The van der Waals surface area contributed by atoms with Gasteiger partial charge in [0, 0.05) is 38.3 Å². The van der Waals surface area contributed by atoms with Crippen LogP contribution in [-0.2, 0) is 5.41 Å². The summed E-state index contributed by atoms with van der Waals surface area (Å²) in [6.45, 7) is 4.72. The summed E-state index contributed by atoms with van der Waals surface area (Å²) in [5.41, 5.74) is 17.5. The summed E-state index contributed by atoms with van der Waals surface area (Å²) in [6.07, 6.45) is 0. The van der Waals surface area contributed by atoms with Crippen molar-refractivity contribution in [2.24, 2.45) is 0 Å². The monoisotopic (exact) mass is 676 g/mol. The quantitative estimate of drug-likeness (QED) is 0.176. The van der Waals surface area contributed by atoms with Crippen LogP contribution in [0.15, 0.2) is 182 Å². The summed E-state index contributed by atoms with van der Waals surface area (Å²) in [6, 6.07) is 67.1. The molecule has 0 unspecified atom stereocenters. The number of nitrogens with zero attached hydrogens (tertiary/aromatic N) is 2. The molecular formula is C51H36N2. The fourth-order valence-electron chi connectivity index (χ4n) is 9.13. The normalized spacial score (nSPS) is 13.2. The fraction of sp³-hybridized carbons (Fsp3) is 0.0588. The molecule has 8 aromatic carbocycles. The molecule has 0 amide bonds. The molecule has 2 aromatic heterocycles. The van der Waals surface area contributed by atoms with Crippen LogP contribution in [-0.4, -0.2) is 9.13 Å². The average molecular weight is 677 g/mol. The smallest absolute Gasteiger partial charge is 0.0547 e. The van der Waals surface area contributed by atoms with Gasteiger partial charge in [-0.15, -0.1) is 0 Å². The van der Waals surface area contributed by atoms with Gasteiger partial charge in [-0.2, -0.15) is 0 Å². The van der Waals surface area contributed by atoms with Gasteiger partial charge in [0.1, 0.15) is 0 Å². The molecule has 10 aromatic rings. The zero-order chi connectivity index (χ0) is 35.3. The molecule has 0 saturated carbocycles. The molecule has 11 rings (SSSR count). The Balaban J connectivity index is 1.12. The molecule has 0 bridgehead atoms. The van der Waals surface area contributed by atoms with E-state index in [-0.39, 0.29) is 5.41 Å². The van der Waals surface area contributed by atoms with E-state index in [0.29, 0.717) is 0 Å². The lowest BCUT2D eigenvalue weighted by atomic mass is 9.82. The highest BCUT2D eigenvalue weighted by Gasteiger charge is 2.35. The zero-order valence-corrected chi connectivity index (χ0v) is 29.7. The predicted molar refractivity (Wildman–Crippen MR) is 224 cm³/mol. The first-order valence-electron chi connectivity index (χ1n) is 18.5. The Kier molecular flexibility index (Phi) is 6.33. The Morgan fingerprint density at radius 3 is 1.62 bits per heavy atom. The van der Waals surface area contributed by atoms with Crippen LogP contribution in [0.1, 0.15) is 25.0 Å². The molecule has 53 heavy (non-hydrogen) atoms. The molecule has 0 N–H and O–H groups in total. The molecule has 0 fully saturated rings. The van der Waals surface area contributed by atoms with Gasteiger partial charge in [0.15, 0.2) is 0 Å². The van der Waals surface area contributed by atoms with Crippen LogP contribution in [0, 0.1) is 0 Å². The Bertz CT molecular complexity index is 3070. The Hall–Kier alpha value is -6.64. The third-order valence-electron chi connectivity index (χ3n) is 11.7. The maximum absolute atomic E-state index is 2.48. The van der Waals surface area contributed by atoms with Gasteiger partial charge in [0.2, 0.25) is 0 Å². The third kappa shape index (κ3) is 4.39. The van der Waals surface area contributed by atoms with Gasteiger partial charge < -0.3 is 9.13 Å². The summed E-state index contributed by atoms with van der Waals surface area (Å²) < 4.78 is 4.86. The van der Waals surface area contributed by atoms with Gasteiger partial charge in [-0.05, 0) is 105 Å². The minimum atomic E-state index is -0.0780. The number of benzene rings is 8. The second kappa shape index (κ2) is 11.2. The van der Waals surface area contributed by atoms with Gasteiger partial charge in [-0.25, -0.2) is 0 Å². The van der Waals surface area contributed by atoms with Crippen molar-refractivity contribution in [1.82, 2.24) is 9.13 Å². The molecule has 0 spiro atoms. The van der Waals surface area contributed by atoms with E-state index in [1.807, 2.05) is 0 Å². The van der Waals surface area contributed by atoms with Crippen LogP contribution >= 0.6 is 0 Å². The number of rotatable bonds is 4. The van der Waals surface area contributed by atoms with Gasteiger partial charge in [-0.3, -0.25) is 0 Å².